The van der Waals surface area contributed by atoms with Crippen LogP contribution >= 0.6 is 0 Å². The number of nitrogens with one attached hydrogen (secondary N) is 1. The van der Waals surface area contributed by atoms with Crippen LogP contribution in [0.25, 0.3) is 5.65 Å². The lowest BCUT2D eigenvalue weighted by Crippen LogP contribution is -2.18. The SMILES string of the molecule is CN(C)c1ccc([N+](=O)[O-])cc1C(=O)Nc1cccc(OCc2cn3ccccc3n2)c1. The third-order valence-corrected chi connectivity index (χ3v) is 4.81. The van der Waals surface area contributed by atoms with Crippen LogP contribution in [0.15, 0.2) is 73.1 Å². The Hall–Kier alpha value is -4.40. The molecule has 0 aliphatic rings. The zero-order chi connectivity index (χ0) is 22.7. The Bertz CT molecular complexity index is 1270. The van der Waals surface area contributed by atoms with Gasteiger partial charge >= 0.3 is 0 Å². The minimum absolute atomic E-state index is 0.148. The van der Waals surface area contributed by atoms with Crippen LogP contribution in [0.1, 0.15) is 16.1 Å². The summed E-state index contributed by atoms with van der Waals surface area (Å²) in [5, 5.41) is 13.9. The van der Waals surface area contributed by atoms with Gasteiger partial charge in [0.2, 0.25) is 0 Å². The molecule has 2 heterocycles. The summed E-state index contributed by atoms with van der Waals surface area (Å²) in [7, 11) is 3.54. The number of aromatic nitrogens is 2. The summed E-state index contributed by atoms with van der Waals surface area (Å²) < 4.78 is 7.75. The number of imidazole rings is 1. The van der Waals surface area contributed by atoms with E-state index in [1.54, 1.807) is 49.3 Å². The Morgan fingerprint density at radius 2 is 2.00 bits per heavy atom. The number of nitro groups is 1. The lowest BCUT2D eigenvalue weighted by molar-refractivity contribution is -0.384. The highest BCUT2D eigenvalue weighted by molar-refractivity contribution is 6.08. The van der Waals surface area contributed by atoms with Crippen molar-refractivity contribution < 1.29 is 14.5 Å². The summed E-state index contributed by atoms with van der Waals surface area (Å²) in [6.45, 7) is 0.273. The molecule has 162 valence electrons. The summed E-state index contributed by atoms with van der Waals surface area (Å²) in [6.07, 6.45) is 3.81. The van der Waals surface area contributed by atoms with E-state index < -0.39 is 10.8 Å². The average molecular weight is 431 g/mol. The van der Waals surface area contributed by atoms with E-state index in [-0.39, 0.29) is 17.9 Å². The fraction of sp³-hybridized carbons (Fsp3) is 0.130. The van der Waals surface area contributed by atoms with Gasteiger partial charge in [-0.25, -0.2) is 4.98 Å². The molecule has 0 atom stereocenters. The number of rotatable bonds is 7. The van der Waals surface area contributed by atoms with Gasteiger partial charge in [-0.2, -0.15) is 0 Å². The molecule has 2 aromatic carbocycles. The summed E-state index contributed by atoms with van der Waals surface area (Å²) >= 11 is 0. The molecule has 0 aliphatic heterocycles. The van der Waals surface area contributed by atoms with Gasteiger partial charge in [-0.1, -0.05) is 12.1 Å². The van der Waals surface area contributed by atoms with Crippen LogP contribution in [0.3, 0.4) is 0 Å². The molecule has 1 amide bonds. The number of nitro benzene ring substituents is 1. The highest BCUT2D eigenvalue weighted by Gasteiger charge is 2.18. The zero-order valence-corrected chi connectivity index (χ0v) is 17.6. The Morgan fingerprint density at radius 3 is 2.75 bits per heavy atom. The monoisotopic (exact) mass is 431 g/mol. The molecule has 0 fully saturated rings. The molecule has 0 saturated carbocycles. The number of carbonyl (C=O) groups excluding carboxylic acids is 1. The van der Waals surface area contributed by atoms with Gasteiger partial charge in [0.05, 0.1) is 16.2 Å². The molecular weight excluding hydrogens is 410 g/mol. The number of benzene rings is 2. The second kappa shape index (κ2) is 8.76. The lowest BCUT2D eigenvalue weighted by Gasteiger charge is -2.17. The van der Waals surface area contributed by atoms with Crippen molar-refractivity contribution in [2.75, 3.05) is 24.3 Å². The maximum atomic E-state index is 12.9. The number of hydrogen-bond donors (Lipinski definition) is 1. The molecule has 1 N–H and O–H groups in total. The van der Waals surface area contributed by atoms with E-state index in [1.165, 1.54) is 12.1 Å². The van der Waals surface area contributed by atoms with Crippen molar-refractivity contribution in [3.8, 4) is 5.75 Å². The topological polar surface area (TPSA) is 102 Å². The predicted molar refractivity (Wildman–Crippen MR) is 121 cm³/mol. The van der Waals surface area contributed by atoms with E-state index in [1.807, 2.05) is 35.0 Å². The number of nitrogens with zero attached hydrogens (tertiary/aromatic N) is 4. The van der Waals surface area contributed by atoms with Gasteiger partial charge in [-0.3, -0.25) is 14.9 Å². The maximum absolute atomic E-state index is 12.9. The molecule has 9 nitrogen and oxygen atoms in total. The molecule has 0 aliphatic carbocycles. The summed E-state index contributed by atoms with van der Waals surface area (Å²) in [5.74, 6) is 0.113. The maximum Gasteiger partial charge on any atom is 0.270 e. The highest BCUT2D eigenvalue weighted by atomic mass is 16.6. The second-order valence-corrected chi connectivity index (χ2v) is 7.32. The average Bonchev–Trinajstić information content (AvgIpc) is 3.20. The van der Waals surface area contributed by atoms with Crippen LogP contribution in [0.5, 0.6) is 5.75 Å². The van der Waals surface area contributed by atoms with E-state index in [0.717, 1.165) is 11.3 Å². The quantitative estimate of drug-likeness (QED) is 0.349. The fourth-order valence-electron chi connectivity index (χ4n) is 3.29. The van der Waals surface area contributed by atoms with E-state index in [9.17, 15) is 14.9 Å². The van der Waals surface area contributed by atoms with E-state index >= 15 is 0 Å². The van der Waals surface area contributed by atoms with Crippen LogP contribution in [-0.4, -0.2) is 34.3 Å². The number of non-ortho nitro benzene ring substituents is 1. The van der Waals surface area contributed by atoms with Gasteiger partial charge in [-0.05, 0) is 30.3 Å². The van der Waals surface area contributed by atoms with Gasteiger partial charge in [0.1, 0.15) is 18.0 Å². The number of pyridine rings is 1. The molecule has 0 radical (unpaired) electrons. The predicted octanol–water partition coefficient (Wildman–Crippen LogP) is 4.14. The van der Waals surface area contributed by atoms with Crippen LogP contribution in [0, 0.1) is 10.1 Å². The van der Waals surface area contributed by atoms with Crippen molar-refractivity contribution in [3.05, 3.63) is 94.4 Å². The Kier molecular flexibility index (Phi) is 5.71. The number of ether oxygens (including phenoxy) is 1. The summed E-state index contributed by atoms with van der Waals surface area (Å²) in [6, 6.07) is 16.9. The van der Waals surface area contributed by atoms with Crippen molar-refractivity contribution in [1.29, 1.82) is 0 Å². The van der Waals surface area contributed by atoms with Crippen LogP contribution < -0.4 is 15.0 Å². The van der Waals surface area contributed by atoms with Gasteiger partial charge in [0.25, 0.3) is 11.6 Å². The first kappa shape index (κ1) is 20.9. The minimum atomic E-state index is -0.524. The first-order valence-corrected chi connectivity index (χ1v) is 9.83. The number of fused-ring (bicyclic) bond motifs is 1. The second-order valence-electron chi connectivity index (χ2n) is 7.32. The Morgan fingerprint density at radius 1 is 1.16 bits per heavy atom. The first-order valence-electron chi connectivity index (χ1n) is 9.83. The largest absolute Gasteiger partial charge is 0.487 e. The smallest absolute Gasteiger partial charge is 0.270 e. The molecule has 9 heteroatoms. The standard InChI is InChI=1S/C23H21N5O4/c1-26(2)21-10-9-18(28(30)31)13-20(21)23(29)25-16-6-5-7-19(12-16)32-15-17-14-27-11-4-3-8-22(27)24-17/h3-14H,15H2,1-2H3,(H,25,29). The third kappa shape index (κ3) is 4.51. The van der Waals surface area contributed by atoms with Crippen molar-refractivity contribution >= 4 is 28.6 Å². The lowest BCUT2D eigenvalue weighted by atomic mass is 10.1. The minimum Gasteiger partial charge on any atom is -0.487 e. The number of hydrogen-bond acceptors (Lipinski definition) is 6. The molecule has 32 heavy (non-hydrogen) atoms. The molecule has 0 spiro atoms. The van der Waals surface area contributed by atoms with Gasteiger partial charge in [-0.15, -0.1) is 0 Å². The van der Waals surface area contributed by atoms with E-state index in [0.29, 0.717) is 17.1 Å². The molecule has 4 rings (SSSR count). The number of anilines is 2. The highest BCUT2D eigenvalue weighted by Crippen LogP contribution is 2.26. The van der Waals surface area contributed by atoms with Gasteiger partial charge in [0.15, 0.2) is 0 Å². The molecule has 2 aromatic heterocycles. The fourth-order valence-corrected chi connectivity index (χ4v) is 3.29. The van der Waals surface area contributed by atoms with E-state index in [2.05, 4.69) is 10.3 Å². The van der Waals surface area contributed by atoms with Crippen LogP contribution in [0.4, 0.5) is 17.1 Å². The van der Waals surface area contributed by atoms with Crippen molar-refractivity contribution in [3.63, 3.8) is 0 Å². The van der Waals surface area contributed by atoms with Crippen molar-refractivity contribution in [2.45, 2.75) is 6.61 Å². The number of amides is 1. The molecule has 0 saturated heterocycles. The molecule has 4 aromatic rings. The third-order valence-electron chi connectivity index (χ3n) is 4.81. The van der Waals surface area contributed by atoms with Crippen LogP contribution in [-0.2, 0) is 6.61 Å². The first-order chi connectivity index (χ1) is 15.4. The number of carbonyl (C=O) groups is 1. The van der Waals surface area contributed by atoms with Gasteiger partial charge in [0, 0.05) is 56.1 Å². The van der Waals surface area contributed by atoms with E-state index in [4.69, 9.17) is 4.74 Å². The normalized spacial score (nSPS) is 10.7. The molecule has 0 unspecified atom stereocenters. The summed E-state index contributed by atoms with van der Waals surface area (Å²) in [5.41, 5.74) is 2.76. The van der Waals surface area contributed by atoms with Crippen molar-refractivity contribution in [2.24, 2.45) is 0 Å². The van der Waals surface area contributed by atoms with Crippen LogP contribution in [0.2, 0.25) is 0 Å². The zero-order valence-electron chi connectivity index (χ0n) is 17.6. The van der Waals surface area contributed by atoms with Crippen molar-refractivity contribution in [1.82, 2.24) is 9.38 Å². The molecular formula is C23H21N5O4. The summed E-state index contributed by atoms with van der Waals surface area (Å²) in [4.78, 5) is 29.7. The Balaban J connectivity index is 1.49. The Labute approximate surface area is 184 Å². The molecule has 0 bridgehead atoms. The van der Waals surface area contributed by atoms with Gasteiger partial charge < -0.3 is 19.4 Å².